The first-order valence-electron chi connectivity index (χ1n) is 8.74. The molecule has 10 heteroatoms. The van der Waals surface area contributed by atoms with Gasteiger partial charge in [0.15, 0.2) is 5.69 Å². The summed E-state index contributed by atoms with van der Waals surface area (Å²) >= 11 is 1.71. The van der Waals surface area contributed by atoms with Gasteiger partial charge in [0.1, 0.15) is 12.6 Å². The van der Waals surface area contributed by atoms with Crippen molar-refractivity contribution in [1.82, 2.24) is 25.2 Å². The number of hydrogen-bond acceptors (Lipinski definition) is 6. The van der Waals surface area contributed by atoms with Crippen LogP contribution in [0.2, 0.25) is 0 Å². The highest BCUT2D eigenvalue weighted by Crippen LogP contribution is 2.24. The van der Waals surface area contributed by atoms with E-state index in [0.717, 1.165) is 17.5 Å². The molecule has 0 aromatic carbocycles. The van der Waals surface area contributed by atoms with Gasteiger partial charge in [-0.1, -0.05) is 18.6 Å². The monoisotopic (exact) mass is 391 g/mol. The van der Waals surface area contributed by atoms with Crippen LogP contribution in [0.1, 0.15) is 40.7 Å². The molecule has 144 valence electrons. The van der Waals surface area contributed by atoms with Crippen LogP contribution < -0.4 is 5.32 Å². The fraction of sp³-hybridized carbons (Fsp3) is 0.471. The number of amides is 2. The lowest BCUT2D eigenvalue weighted by molar-refractivity contribution is -0.137. The predicted molar refractivity (Wildman–Crippen MR) is 97.3 cm³/mol. The Hall–Kier alpha value is -2.75. The summed E-state index contributed by atoms with van der Waals surface area (Å²) in [5, 5.41) is 20.7. The molecule has 0 fully saturated rings. The van der Waals surface area contributed by atoms with Gasteiger partial charge in [0.2, 0.25) is 11.8 Å². The summed E-state index contributed by atoms with van der Waals surface area (Å²) in [5.74, 6) is -1.71. The van der Waals surface area contributed by atoms with Crippen LogP contribution >= 0.6 is 11.3 Å². The Kier molecular flexibility index (Phi) is 5.84. The molecule has 3 rings (SSSR count). The third kappa shape index (κ3) is 4.51. The van der Waals surface area contributed by atoms with E-state index in [9.17, 15) is 14.4 Å². The lowest BCUT2D eigenvalue weighted by atomic mass is 10.1. The van der Waals surface area contributed by atoms with Crippen LogP contribution in [0.4, 0.5) is 0 Å². The molecule has 3 heterocycles. The zero-order valence-electron chi connectivity index (χ0n) is 14.9. The summed E-state index contributed by atoms with van der Waals surface area (Å²) < 4.78 is 1.14. The van der Waals surface area contributed by atoms with E-state index in [1.807, 2.05) is 18.4 Å². The lowest BCUT2D eigenvalue weighted by Gasteiger charge is -2.30. The SMILES string of the molecule is CCCC(NC(=O)Cn1cc(C(=O)O)nn1)C(=O)N1CCc2sccc2C1. The molecule has 0 spiro atoms. The molecule has 0 radical (unpaired) electrons. The van der Waals surface area contributed by atoms with Crippen molar-refractivity contribution < 1.29 is 19.5 Å². The van der Waals surface area contributed by atoms with E-state index in [0.29, 0.717) is 19.5 Å². The molecule has 9 nitrogen and oxygen atoms in total. The first-order valence-corrected chi connectivity index (χ1v) is 9.62. The van der Waals surface area contributed by atoms with Crippen molar-refractivity contribution >= 4 is 29.1 Å². The number of aromatic carboxylic acids is 1. The Labute approximate surface area is 160 Å². The van der Waals surface area contributed by atoms with E-state index in [-0.39, 0.29) is 18.1 Å². The molecule has 1 unspecified atom stereocenters. The van der Waals surface area contributed by atoms with Gasteiger partial charge in [-0.15, -0.1) is 16.4 Å². The highest BCUT2D eigenvalue weighted by Gasteiger charge is 2.28. The van der Waals surface area contributed by atoms with Gasteiger partial charge in [-0.05, 0) is 29.9 Å². The van der Waals surface area contributed by atoms with Crippen LogP contribution in [0.5, 0.6) is 0 Å². The van der Waals surface area contributed by atoms with Crippen molar-refractivity contribution in [3.8, 4) is 0 Å². The lowest BCUT2D eigenvalue weighted by Crippen LogP contribution is -2.50. The topological polar surface area (TPSA) is 117 Å². The second kappa shape index (κ2) is 8.30. The number of thiophene rings is 1. The molecule has 0 saturated carbocycles. The van der Waals surface area contributed by atoms with Gasteiger partial charge >= 0.3 is 5.97 Å². The molecule has 0 saturated heterocycles. The largest absolute Gasteiger partial charge is 0.476 e. The summed E-state index contributed by atoms with van der Waals surface area (Å²) in [6.45, 7) is 2.98. The van der Waals surface area contributed by atoms with E-state index in [1.54, 1.807) is 16.2 Å². The van der Waals surface area contributed by atoms with Crippen molar-refractivity contribution in [2.24, 2.45) is 0 Å². The Morgan fingerprint density at radius 3 is 2.93 bits per heavy atom. The van der Waals surface area contributed by atoms with E-state index >= 15 is 0 Å². The summed E-state index contributed by atoms with van der Waals surface area (Å²) in [4.78, 5) is 39.1. The average molecular weight is 391 g/mol. The minimum Gasteiger partial charge on any atom is -0.476 e. The number of carbonyl (C=O) groups is 3. The molecule has 2 aromatic rings. The Bertz CT molecular complexity index is 846. The number of nitrogens with one attached hydrogen (secondary N) is 1. The van der Waals surface area contributed by atoms with Crippen LogP contribution in [0.15, 0.2) is 17.6 Å². The maximum atomic E-state index is 12.9. The second-order valence-electron chi connectivity index (χ2n) is 6.39. The highest BCUT2D eigenvalue weighted by molar-refractivity contribution is 7.10. The van der Waals surface area contributed by atoms with Gasteiger partial charge in [-0.25, -0.2) is 9.48 Å². The minimum absolute atomic E-state index is 0.0909. The van der Waals surface area contributed by atoms with Crippen LogP contribution in [0, 0.1) is 0 Å². The van der Waals surface area contributed by atoms with Gasteiger partial charge in [0.25, 0.3) is 0 Å². The van der Waals surface area contributed by atoms with Gasteiger partial charge in [-0.2, -0.15) is 0 Å². The van der Waals surface area contributed by atoms with Gasteiger partial charge in [-0.3, -0.25) is 9.59 Å². The zero-order valence-corrected chi connectivity index (χ0v) is 15.7. The van der Waals surface area contributed by atoms with Crippen molar-refractivity contribution in [3.05, 3.63) is 33.8 Å². The molecule has 0 aliphatic carbocycles. The normalized spacial score (nSPS) is 14.5. The Morgan fingerprint density at radius 2 is 2.22 bits per heavy atom. The standard InChI is InChI=1S/C17H21N5O4S/c1-2-3-12(16(24)21-6-4-14-11(8-21)5-7-27-14)18-15(23)10-22-9-13(17(25)26)19-20-22/h5,7,9,12H,2-4,6,8,10H2,1H3,(H,18,23)(H,25,26). The van der Waals surface area contributed by atoms with Crippen LogP contribution in [-0.4, -0.2) is 55.4 Å². The van der Waals surface area contributed by atoms with E-state index in [4.69, 9.17) is 5.11 Å². The van der Waals surface area contributed by atoms with Crippen molar-refractivity contribution in [3.63, 3.8) is 0 Å². The van der Waals surface area contributed by atoms with Crippen LogP contribution in [-0.2, 0) is 29.1 Å². The molecule has 2 amide bonds. The Balaban J connectivity index is 1.61. The van der Waals surface area contributed by atoms with E-state index < -0.39 is 17.9 Å². The van der Waals surface area contributed by atoms with Crippen molar-refractivity contribution in [2.75, 3.05) is 6.54 Å². The number of carboxylic acid groups (broad SMARTS) is 1. The molecule has 1 aliphatic heterocycles. The van der Waals surface area contributed by atoms with Gasteiger partial charge in [0.05, 0.1) is 6.20 Å². The summed E-state index contributed by atoms with van der Waals surface area (Å²) in [6.07, 6.45) is 3.31. The van der Waals surface area contributed by atoms with Crippen molar-refractivity contribution in [1.29, 1.82) is 0 Å². The molecule has 0 bridgehead atoms. The molecule has 1 atom stereocenters. The third-order valence-electron chi connectivity index (χ3n) is 4.39. The molecular formula is C17H21N5O4S. The van der Waals surface area contributed by atoms with Crippen molar-refractivity contribution in [2.45, 2.75) is 45.3 Å². The summed E-state index contributed by atoms with van der Waals surface area (Å²) in [5.41, 5.74) is 0.939. The fourth-order valence-corrected chi connectivity index (χ4v) is 3.95. The maximum Gasteiger partial charge on any atom is 0.358 e. The van der Waals surface area contributed by atoms with Crippen LogP contribution in [0.3, 0.4) is 0 Å². The number of hydrogen-bond donors (Lipinski definition) is 2. The third-order valence-corrected chi connectivity index (χ3v) is 5.42. The Morgan fingerprint density at radius 1 is 1.41 bits per heavy atom. The first-order chi connectivity index (χ1) is 13.0. The molecule has 27 heavy (non-hydrogen) atoms. The fourth-order valence-electron chi connectivity index (χ4n) is 3.06. The number of carbonyl (C=O) groups excluding carboxylic acids is 2. The number of aromatic nitrogens is 3. The number of nitrogens with zero attached hydrogens (tertiary/aromatic N) is 4. The first kappa shape index (κ1) is 19.0. The quantitative estimate of drug-likeness (QED) is 0.724. The van der Waals surface area contributed by atoms with Crippen LogP contribution in [0.25, 0.3) is 0 Å². The smallest absolute Gasteiger partial charge is 0.358 e. The average Bonchev–Trinajstić information content (AvgIpc) is 3.29. The van der Waals surface area contributed by atoms with Gasteiger partial charge in [0, 0.05) is 18.0 Å². The molecular weight excluding hydrogens is 370 g/mol. The maximum absolute atomic E-state index is 12.9. The molecule has 1 aliphatic rings. The zero-order chi connectivity index (χ0) is 19.4. The minimum atomic E-state index is -1.21. The van der Waals surface area contributed by atoms with E-state index in [2.05, 4.69) is 15.6 Å². The number of fused-ring (bicyclic) bond motifs is 1. The van der Waals surface area contributed by atoms with Gasteiger partial charge < -0.3 is 15.3 Å². The predicted octanol–water partition coefficient (Wildman–Crippen LogP) is 0.908. The number of carboxylic acids is 1. The summed E-state index contributed by atoms with van der Waals surface area (Å²) in [6, 6.07) is 1.43. The molecule has 2 aromatic heterocycles. The number of rotatable bonds is 7. The molecule has 2 N–H and O–H groups in total. The summed E-state index contributed by atoms with van der Waals surface area (Å²) in [7, 11) is 0. The second-order valence-corrected chi connectivity index (χ2v) is 7.39. The highest BCUT2D eigenvalue weighted by atomic mass is 32.1. The van der Waals surface area contributed by atoms with E-state index in [1.165, 1.54) is 16.6 Å².